The predicted molar refractivity (Wildman–Crippen MR) is 106 cm³/mol. The maximum Gasteiger partial charge on any atom is 0.218 e. The van der Waals surface area contributed by atoms with Crippen LogP contribution in [0.2, 0.25) is 0 Å². The monoisotopic (exact) mass is 370 g/mol. The number of methoxy groups -OCH3 is 2. The van der Waals surface area contributed by atoms with Gasteiger partial charge in [-0.25, -0.2) is 9.98 Å². The van der Waals surface area contributed by atoms with Crippen LogP contribution in [0.1, 0.15) is 31.2 Å². The van der Waals surface area contributed by atoms with Crippen LogP contribution in [0, 0.1) is 0 Å². The van der Waals surface area contributed by atoms with Crippen LogP contribution in [0.25, 0.3) is 0 Å². The molecule has 1 heterocycles. The number of guanidine groups is 1. The maximum absolute atomic E-state index is 6.04. The topological polar surface area (TPSA) is 91.0 Å². The van der Waals surface area contributed by atoms with Crippen molar-refractivity contribution in [2.24, 2.45) is 10.7 Å². The molecule has 0 saturated heterocycles. The number of hydrogen-bond acceptors (Lipinski definition) is 5. The molecule has 144 valence electrons. The largest absolute Gasteiger partial charge is 0.493 e. The highest BCUT2D eigenvalue weighted by atomic mass is 16.5. The van der Waals surface area contributed by atoms with Crippen molar-refractivity contribution in [2.45, 2.75) is 38.3 Å². The van der Waals surface area contributed by atoms with Gasteiger partial charge in [0.05, 0.1) is 20.8 Å². The summed E-state index contributed by atoms with van der Waals surface area (Å²) in [6.07, 6.45) is 6.60. The summed E-state index contributed by atoms with van der Waals surface area (Å²) < 4.78 is 16.6. The van der Waals surface area contributed by atoms with Gasteiger partial charge in [-0.3, -0.25) is 0 Å². The summed E-state index contributed by atoms with van der Waals surface area (Å²) in [6.45, 7) is 0.391. The minimum atomic E-state index is 0.255. The van der Waals surface area contributed by atoms with Gasteiger partial charge in [-0.2, -0.15) is 0 Å². The van der Waals surface area contributed by atoms with Gasteiger partial charge >= 0.3 is 0 Å². The minimum Gasteiger partial charge on any atom is -0.493 e. The zero-order chi connectivity index (χ0) is 19.1. The summed E-state index contributed by atoms with van der Waals surface area (Å²) in [4.78, 5) is 8.78. The van der Waals surface area contributed by atoms with Crippen molar-refractivity contribution >= 4 is 11.6 Å². The third-order valence-corrected chi connectivity index (χ3v) is 4.51. The summed E-state index contributed by atoms with van der Waals surface area (Å²) in [5.41, 5.74) is 7.72. The van der Waals surface area contributed by atoms with Crippen molar-refractivity contribution in [3.63, 3.8) is 0 Å². The molecule has 0 amide bonds. The summed E-state index contributed by atoms with van der Waals surface area (Å²) in [5.74, 6) is 2.22. The van der Waals surface area contributed by atoms with E-state index in [4.69, 9.17) is 19.9 Å². The predicted octanol–water partition coefficient (Wildman–Crippen LogP) is 3.35. The highest BCUT2D eigenvalue weighted by Gasteiger charge is 2.18. The fraction of sp³-hybridized carbons (Fsp3) is 0.400. The van der Waals surface area contributed by atoms with Gasteiger partial charge in [0.1, 0.15) is 6.10 Å². The average molecular weight is 370 g/mol. The lowest BCUT2D eigenvalue weighted by Gasteiger charge is -2.14. The molecule has 0 aliphatic heterocycles. The number of pyridine rings is 1. The zero-order valence-electron chi connectivity index (χ0n) is 15.8. The molecule has 0 unspecified atom stereocenters. The van der Waals surface area contributed by atoms with Crippen molar-refractivity contribution < 1.29 is 14.2 Å². The Balaban J connectivity index is 1.65. The zero-order valence-corrected chi connectivity index (χ0v) is 15.8. The second kappa shape index (κ2) is 9.12. The lowest BCUT2D eigenvalue weighted by molar-refractivity contribution is 0.199. The number of nitrogens with zero attached hydrogens (tertiary/aromatic N) is 2. The number of anilines is 1. The second-order valence-electron chi connectivity index (χ2n) is 6.39. The van der Waals surface area contributed by atoms with Gasteiger partial charge in [0.25, 0.3) is 0 Å². The molecule has 0 bridgehead atoms. The van der Waals surface area contributed by atoms with E-state index in [9.17, 15) is 0 Å². The van der Waals surface area contributed by atoms with Crippen LogP contribution in [0.5, 0.6) is 17.4 Å². The summed E-state index contributed by atoms with van der Waals surface area (Å²) in [5, 5.41) is 3.06. The number of nitrogens with one attached hydrogen (secondary N) is 1. The van der Waals surface area contributed by atoms with E-state index in [-0.39, 0.29) is 6.10 Å². The first-order chi connectivity index (χ1) is 13.2. The number of nitrogens with two attached hydrogens (primary N) is 1. The molecular formula is C20H26N4O3. The third-order valence-electron chi connectivity index (χ3n) is 4.51. The Morgan fingerprint density at radius 2 is 1.96 bits per heavy atom. The van der Waals surface area contributed by atoms with E-state index < -0.39 is 0 Å². The first-order valence-electron chi connectivity index (χ1n) is 9.09. The standard InChI is InChI=1S/C20H26N4O3/c1-25-17-10-9-15(12-18(17)26-2)24-20(21)23-13-14-6-5-11-22-19(14)27-16-7-3-4-8-16/h5-6,9-12,16H,3-4,7-8,13H2,1-2H3,(H3,21,23,24). The van der Waals surface area contributed by atoms with Crippen LogP contribution < -0.4 is 25.3 Å². The summed E-state index contributed by atoms with van der Waals surface area (Å²) in [7, 11) is 3.19. The van der Waals surface area contributed by atoms with Gasteiger partial charge in [-0.15, -0.1) is 0 Å². The van der Waals surface area contributed by atoms with Crippen molar-refractivity contribution in [1.29, 1.82) is 0 Å². The molecule has 3 N–H and O–H groups in total. The molecule has 3 rings (SSSR count). The van der Waals surface area contributed by atoms with Crippen molar-refractivity contribution in [2.75, 3.05) is 19.5 Å². The van der Waals surface area contributed by atoms with Gasteiger partial charge in [0, 0.05) is 23.5 Å². The van der Waals surface area contributed by atoms with Gasteiger partial charge in [-0.05, 0) is 43.9 Å². The number of hydrogen-bond donors (Lipinski definition) is 2. The molecule has 27 heavy (non-hydrogen) atoms. The Hall–Kier alpha value is -2.96. The third kappa shape index (κ3) is 5.03. The number of benzene rings is 1. The maximum atomic E-state index is 6.04. The first kappa shape index (κ1) is 18.8. The number of aliphatic imine (C=N–C) groups is 1. The van der Waals surface area contributed by atoms with Crippen LogP contribution >= 0.6 is 0 Å². The van der Waals surface area contributed by atoms with Crippen molar-refractivity contribution in [1.82, 2.24) is 4.98 Å². The second-order valence-corrected chi connectivity index (χ2v) is 6.39. The number of aromatic nitrogens is 1. The Kier molecular flexibility index (Phi) is 6.35. The van der Waals surface area contributed by atoms with E-state index in [2.05, 4.69) is 15.3 Å². The van der Waals surface area contributed by atoms with E-state index in [0.29, 0.717) is 29.9 Å². The van der Waals surface area contributed by atoms with E-state index in [1.54, 1.807) is 26.5 Å². The Bertz CT molecular complexity index is 789. The molecule has 0 atom stereocenters. The molecule has 1 aromatic carbocycles. The van der Waals surface area contributed by atoms with E-state index >= 15 is 0 Å². The fourth-order valence-electron chi connectivity index (χ4n) is 3.09. The lowest BCUT2D eigenvalue weighted by Crippen LogP contribution is -2.22. The molecule has 1 aliphatic carbocycles. The molecule has 1 aliphatic rings. The summed E-state index contributed by atoms with van der Waals surface area (Å²) in [6, 6.07) is 9.31. The molecule has 0 radical (unpaired) electrons. The van der Waals surface area contributed by atoms with Crippen LogP contribution in [0.15, 0.2) is 41.5 Å². The van der Waals surface area contributed by atoms with E-state index in [1.165, 1.54) is 12.8 Å². The molecule has 0 spiro atoms. The summed E-state index contributed by atoms with van der Waals surface area (Å²) >= 11 is 0. The van der Waals surface area contributed by atoms with Crippen LogP contribution in [0.3, 0.4) is 0 Å². The normalized spacial score (nSPS) is 14.8. The van der Waals surface area contributed by atoms with E-state index in [0.717, 1.165) is 24.1 Å². The van der Waals surface area contributed by atoms with Crippen LogP contribution in [-0.2, 0) is 6.54 Å². The average Bonchev–Trinajstić information content (AvgIpc) is 3.20. The number of ether oxygens (including phenoxy) is 3. The Morgan fingerprint density at radius 1 is 1.19 bits per heavy atom. The first-order valence-corrected chi connectivity index (χ1v) is 9.09. The van der Waals surface area contributed by atoms with E-state index in [1.807, 2.05) is 24.3 Å². The SMILES string of the molecule is COc1ccc(NC(N)=NCc2cccnc2OC2CCCC2)cc1OC. The highest BCUT2D eigenvalue weighted by molar-refractivity contribution is 5.92. The van der Waals surface area contributed by atoms with Crippen LogP contribution in [0.4, 0.5) is 5.69 Å². The number of rotatable bonds is 7. The van der Waals surface area contributed by atoms with Gasteiger partial charge in [0.15, 0.2) is 17.5 Å². The molecule has 1 fully saturated rings. The quantitative estimate of drug-likeness (QED) is 0.574. The van der Waals surface area contributed by atoms with Crippen molar-refractivity contribution in [3.05, 3.63) is 42.1 Å². The van der Waals surface area contributed by atoms with Gasteiger partial charge in [0.2, 0.25) is 5.88 Å². The smallest absolute Gasteiger partial charge is 0.218 e. The van der Waals surface area contributed by atoms with Crippen molar-refractivity contribution in [3.8, 4) is 17.4 Å². The fourth-order valence-corrected chi connectivity index (χ4v) is 3.09. The molecule has 7 nitrogen and oxygen atoms in total. The lowest BCUT2D eigenvalue weighted by atomic mass is 10.2. The minimum absolute atomic E-state index is 0.255. The highest BCUT2D eigenvalue weighted by Crippen LogP contribution is 2.29. The van der Waals surface area contributed by atoms with Gasteiger partial charge in [-0.1, -0.05) is 6.07 Å². The Morgan fingerprint density at radius 3 is 2.70 bits per heavy atom. The van der Waals surface area contributed by atoms with Crippen LogP contribution in [-0.4, -0.2) is 31.3 Å². The molecule has 2 aromatic rings. The molecule has 7 heteroatoms. The molecule has 1 aromatic heterocycles. The van der Waals surface area contributed by atoms with Gasteiger partial charge < -0.3 is 25.3 Å². The Labute approximate surface area is 159 Å². The molecular weight excluding hydrogens is 344 g/mol. The molecule has 1 saturated carbocycles.